The summed E-state index contributed by atoms with van der Waals surface area (Å²) in [6.07, 6.45) is 0. The molecule has 0 amide bonds. The van der Waals surface area contributed by atoms with Crippen molar-refractivity contribution in [3.8, 4) is 5.75 Å². The summed E-state index contributed by atoms with van der Waals surface area (Å²) in [4.78, 5) is 0. The molecule has 4 heteroatoms. The van der Waals surface area contributed by atoms with Crippen LogP contribution in [0.1, 0.15) is 12.5 Å². The van der Waals surface area contributed by atoms with Gasteiger partial charge in [-0.15, -0.1) is 0 Å². The molecular formula is C14H15BO3. The van der Waals surface area contributed by atoms with Gasteiger partial charge in [-0.25, -0.2) is 0 Å². The third-order valence-corrected chi connectivity index (χ3v) is 2.95. The number of benzene rings is 2. The molecule has 0 saturated heterocycles. The van der Waals surface area contributed by atoms with E-state index >= 15 is 0 Å². The zero-order valence-electron chi connectivity index (χ0n) is 10.5. The van der Waals surface area contributed by atoms with Gasteiger partial charge in [-0.2, -0.15) is 0 Å². The van der Waals surface area contributed by atoms with Crippen LogP contribution in [-0.2, 0) is 0 Å². The molecule has 0 spiro atoms. The lowest BCUT2D eigenvalue weighted by molar-refractivity contribution is 0.414. The smallest absolute Gasteiger partial charge is 0.488 e. The van der Waals surface area contributed by atoms with Crippen molar-refractivity contribution in [1.29, 1.82) is 0 Å². The molecule has 0 unspecified atom stereocenters. The SMILES string of the molecule is C=C(C)c1c(OC)ccc2cc(B(O)O)ccc12. The third-order valence-electron chi connectivity index (χ3n) is 2.95. The molecule has 18 heavy (non-hydrogen) atoms. The average Bonchev–Trinajstić information content (AvgIpc) is 2.36. The van der Waals surface area contributed by atoms with E-state index in [9.17, 15) is 10.0 Å². The molecule has 0 heterocycles. The van der Waals surface area contributed by atoms with Crippen LogP contribution in [0.25, 0.3) is 16.3 Å². The highest BCUT2D eigenvalue weighted by Crippen LogP contribution is 2.32. The van der Waals surface area contributed by atoms with Gasteiger partial charge in [0.2, 0.25) is 0 Å². The Balaban J connectivity index is 2.74. The lowest BCUT2D eigenvalue weighted by atomic mass is 9.79. The van der Waals surface area contributed by atoms with Gasteiger partial charge in [-0.3, -0.25) is 0 Å². The average molecular weight is 242 g/mol. The second kappa shape index (κ2) is 4.84. The van der Waals surface area contributed by atoms with Gasteiger partial charge in [0.1, 0.15) is 5.75 Å². The maximum Gasteiger partial charge on any atom is 0.488 e. The zero-order valence-corrected chi connectivity index (χ0v) is 10.5. The second-order valence-electron chi connectivity index (χ2n) is 4.28. The summed E-state index contributed by atoms with van der Waals surface area (Å²) in [5.74, 6) is 0.771. The van der Waals surface area contributed by atoms with Crippen molar-refractivity contribution in [2.24, 2.45) is 0 Å². The maximum absolute atomic E-state index is 9.18. The topological polar surface area (TPSA) is 49.7 Å². The van der Waals surface area contributed by atoms with Gasteiger partial charge in [0.05, 0.1) is 7.11 Å². The summed E-state index contributed by atoms with van der Waals surface area (Å²) in [7, 11) is 0.171. The summed E-state index contributed by atoms with van der Waals surface area (Å²) in [6.45, 7) is 5.89. The monoisotopic (exact) mass is 242 g/mol. The number of hydrogen-bond donors (Lipinski definition) is 2. The normalized spacial score (nSPS) is 10.4. The van der Waals surface area contributed by atoms with E-state index in [-0.39, 0.29) is 0 Å². The van der Waals surface area contributed by atoms with Crippen LogP contribution in [-0.4, -0.2) is 24.3 Å². The van der Waals surface area contributed by atoms with E-state index in [0.717, 1.165) is 27.7 Å². The van der Waals surface area contributed by atoms with E-state index in [4.69, 9.17) is 4.74 Å². The Labute approximate surface area is 106 Å². The molecule has 0 aromatic heterocycles. The number of allylic oxidation sites excluding steroid dienone is 1. The van der Waals surface area contributed by atoms with E-state index < -0.39 is 7.12 Å². The summed E-state index contributed by atoms with van der Waals surface area (Å²) in [5, 5.41) is 20.3. The van der Waals surface area contributed by atoms with Crippen molar-refractivity contribution in [1.82, 2.24) is 0 Å². The Hall–Kier alpha value is -1.78. The van der Waals surface area contributed by atoms with Gasteiger partial charge in [-0.05, 0) is 34.8 Å². The Bertz CT molecular complexity index is 605. The quantitative estimate of drug-likeness (QED) is 0.803. The van der Waals surface area contributed by atoms with E-state index in [2.05, 4.69) is 6.58 Å². The standard InChI is InChI=1S/C14H15BO3/c1-9(2)14-12-6-5-11(15(16)17)8-10(12)4-7-13(14)18-3/h4-8,16-17H,1H2,2-3H3. The summed E-state index contributed by atoms with van der Waals surface area (Å²) in [6, 6.07) is 9.06. The molecule has 0 aliphatic carbocycles. The summed E-state index contributed by atoms with van der Waals surface area (Å²) >= 11 is 0. The van der Waals surface area contributed by atoms with E-state index in [1.54, 1.807) is 19.2 Å². The van der Waals surface area contributed by atoms with Crippen molar-refractivity contribution < 1.29 is 14.8 Å². The first-order valence-electron chi connectivity index (χ1n) is 5.67. The Morgan fingerprint density at radius 3 is 2.50 bits per heavy atom. The fourth-order valence-electron chi connectivity index (χ4n) is 2.10. The largest absolute Gasteiger partial charge is 0.496 e. The Morgan fingerprint density at radius 1 is 1.22 bits per heavy atom. The number of ether oxygens (including phenoxy) is 1. The van der Waals surface area contributed by atoms with Crippen LogP contribution in [0.3, 0.4) is 0 Å². The minimum absolute atomic E-state index is 0.473. The Kier molecular flexibility index (Phi) is 3.41. The van der Waals surface area contributed by atoms with Crippen molar-refractivity contribution in [3.63, 3.8) is 0 Å². The van der Waals surface area contributed by atoms with Crippen molar-refractivity contribution in [3.05, 3.63) is 42.5 Å². The molecular weight excluding hydrogens is 227 g/mol. The van der Waals surface area contributed by atoms with E-state index in [1.165, 1.54) is 0 Å². The van der Waals surface area contributed by atoms with Crippen molar-refractivity contribution in [2.75, 3.05) is 7.11 Å². The number of methoxy groups -OCH3 is 1. The van der Waals surface area contributed by atoms with Crippen LogP contribution >= 0.6 is 0 Å². The molecule has 0 aliphatic heterocycles. The highest BCUT2D eigenvalue weighted by atomic mass is 16.5. The highest BCUT2D eigenvalue weighted by Gasteiger charge is 2.14. The predicted octanol–water partition coefficient (Wildman–Crippen LogP) is 1.56. The van der Waals surface area contributed by atoms with Gasteiger partial charge < -0.3 is 14.8 Å². The minimum Gasteiger partial charge on any atom is -0.496 e. The zero-order chi connectivity index (χ0) is 13.3. The maximum atomic E-state index is 9.18. The molecule has 0 radical (unpaired) electrons. The van der Waals surface area contributed by atoms with Crippen molar-refractivity contribution in [2.45, 2.75) is 6.92 Å². The van der Waals surface area contributed by atoms with E-state index in [1.807, 2.05) is 25.1 Å². The molecule has 2 aromatic rings. The van der Waals surface area contributed by atoms with Gasteiger partial charge in [0.25, 0.3) is 0 Å². The number of hydrogen-bond acceptors (Lipinski definition) is 3. The fraction of sp³-hybridized carbons (Fsp3) is 0.143. The molecule has 92 valence electrons. The van der Waals surface area contributed by atoms with Crippen LogP contribution in [0.2, 0.25) is 0 Å². The van der Waals surface area contributed by atoms with Crippen LogP contribution in [0.15, 0.2) is 36.9 Å². The number of rotatable bonds is 3. The molecule has 2 aromatic carbocycles. The minimum atomic E-state index is -1.45. The molecule has 0 fully saturated rings. The van der Waals surface area contributed by atoms with Crippen LogP contribution < -0.4 is 10.2 Å². The van der Waals surface area contributed by atoms with Gasteiger partial charge in [0, 0.05) is 5.56 Å². The molecule has 2 rings (SSSR count). The van der Waals surface area contributed by atoms with Crippen LogP contribution in [0, 0.1) is 0 Å². The summed E-state index contributed by atoms with van der Waals surface area (Å²) < 4.78 is 5.33. The van der Waals surface area contributed by atoms with Crippen molar-refractivity contribution >= 4 is 28.9 Å². The fourth-order valence-corrected chi connectivity index (χ4v) is 2.10. The molecule has 2 N–H and O–H groups in total. The van der Waals surface area contributed by atoms with E-state index in [0.29, 0.717) is 5.46 Å². The predicted molar refractivity (Wildman–Crippen MR) is 75.0 cm³/mol. The lowest BCUT2D eigenvalue weighted by Crippen LogP contribution is -2.29. The molecule has 0 bridgehead atoms. The Morgan fingerprint density at radius 2 is 1.94 bits per heavy atom. The first-order chi connectivity index (χ1) is 8.54. The van der Waals surface area contributed by atoms with Gasteiger partial charge in [0.15, 0.2) is 0 Å². The number of fused-ring (bicyclic) bond motifs is 1. The first-order valence-corrected chi connectivity index (χ1v) is 5.67. The van der Waals surface area contributed by atoms with Crippen LogP contribution in [0.4, 0.5) is 0 Å². The lowest BCUT2D eigenvalue weighted by Gasteiger charge is -2.12. The molecule has 0 atom stereocenters. The molecule has 0 aliphatic rings. The second-order valence-corrected chi connectivity index (χ2v) is 4.28. The molecule has 0 saturated carbocycles. The first kappa shape index (κ1) is 12.7. The summed E-state index contributed by atoms with van der Waals surface area (Å²) in [5.41, 5.74) is 2.34. The van der Waals surface area contributed by atoms with Gasteiger partial charge >= 0.3 is 7.12 Å². The molecule has 3 nitrogen and oxygen atoms in total. The third kappa shape index (κ3) is 2.12. The highest BCUT2D eigenvalue weighted by molar-refractivity contribution is 6.58. The van der Waals surface area contributed by atoms with Gasteiger partial charge in [-0.1, -0.05) is 30.8 Å². The van der Waals surface area contributed by atoms with Crippen LogP contribution in [0.5, 0.6) is 5.75 Å².